The number of likely N-dealkylation sites (tertiary alicyclic amines) is 1. The molecule has 1 saturated heterocycles. The molecule has 3 atom stereocenters. The van der Waals surface area contributed by atoms with Crippen LogP contribution in [0.25, 0.3) is 0 Å². The minimum absolute atomic E-state index is 0.173. The second-order valence-electron chi connectivity index (χ2n) is 5.89. The number of nitrogens with one attached hydrogen (secondary N) is 1. The summed E-state index contributed by atoms with van der Waals surface area (Å²) in [5.41, 5.74) is 0. The molecule has 1 aliphatic carbocycles. The Balaban J connectivity index is 2.00. The molecule has 0 radical (unpaired) electrons. The van der Waals surface area contributed by atoms with Gasteiger partial charge in [-0.3, -0.25) is 4.79 Å². The second kappa shape index (κ2) is 6.78. The Hall–Kier alpha value is -1.79. The first-order valence-electron chi connectivity index (χ1n) is 7.50. The first kappa shape index (κ1) is 15.6. The molecule has 7 nitrogen and oxygen atoms in total. The molecule has 0 bridgehead atoms. The normalized spacial score (nSPS) is 26.6. The summed E-state index contributed by atoms with van der Waals surface area (Å²) in [7, 11) is 0. The molecule has 7 heteroatoms. The van der Waals surface area contributed by atoms with E-state index >= 15 is 0 Å². The SMILES string of the molecule is O=C(O)C[C@@H](NC(=O)N1CCCC2CCCCC21)C(=O)O. The smallest absolute Gasteiger partial charge is 0.326 e. The standard InChI is InChI=1S/C14H22N2O5/c17-12(18)8-10(13(19)20)15-14(21)16-7-3-5-9-4-1-2-6-11(9)16/h9-11H,1-8H2,(H,15,21)(H,17,18)(H,19,20)/t9?,10-,11?/m1/s1. The van der Waals surface area contributed by atoms with Gasteiger partial charge in [-0.15, -0.1) is 0 Å². The summed E-state index contributed by atoms with van der Waals surface area (Å²) in [4.78, 5) is 35.7. The third-order valence-corrected chi connectivity index (χ3v) is 4.48. The van der Waals surface area contributed by atoms with Crippen LogP contribution in [0.1, 0.15) is 44.9 Å². The van der Waals surface area contributed by atoms with Gasteiger partial charge in [-0.25, -0.2) is 9.59 Å². The van der Waals surface area contributed by atoms with Crippen molar-refractivity contribution in [3.05, 3.63) is 0 Å². The molecule has 0 aromatic heterocycles. The fraction of sp³-hybridized carbons (Fsp3) is 0.786. The number of carboxylic acid groups (broad SMARTS) is 2. The van der Waals surface area contributed by atoms with E-state index in [-0.39, 0.29) is 6.04 Å². The van der Waals surface area contributed by atoms with Crippen molar-refractivity contribution in [2.24, 2.45) is 5.92 Å². The predicted molar refractivity (Wildman–Crippen MR) is 73.9 cm³/mol. The van der Waals surface area contributed by atoms with E-state index < -0.39 is 30.4 Å². The van der Waals surface area contributed by atoms with Gasteiger partial charge in [-0.2, -0.15) is 0 Å². The van der Waals surface area contributed by atoms with Crippen LogP contribution in [0.5, 0.6) is 0 Å². The largest absolute Gasteiger partial charge is 0.481 e. The van der Waals surface area contributed by atoms with Crippen molar-refractivity contribution in [2.75, 3.05) is 6.54 Å². The molecule has 1 heterocycles. The maximum absolute atomic E-state index is 12.3. The first-order chi connectivity index (χ1) is 9.99. The van der Waals surface area contributed by atoms with Crippen molar-refractivity contribution in [3.63, 3.8) is 0 Å². The summed E-state index contributed by atoms with van der Waals surface area (Å²) in [6, 6.07) is -1.65. The van der Waals surface area contributed by atoms with Crippen molar-refractivity contribution >= 4 is 18.0 Å². The highest BCUT2D eigenvalue weighted by Gasteiger charge is 2.37. The maximum Gasteiger partial charge on any atom is 0.326 e. The number of carbonyl (C=O) groups is 3. The van der Waals surface area contributed by atoms with Crippen molar-refractivity contribution < 1.29 is 24.6 Å². The number of urea groups is 1. The van der Waals surface area contributed by atoms with Crippen LogP contribution in [-0.2, 0) is 9.59 Å². The van der Waals surface area contributed by atoms with Gasteiger partial charge in [0.05, 0.1) is 6.42 Å². The molecular formula is C14H22N2O5. The number of aliphatic carboxylic acids is 2. The Bertz CT molecular complexity index is 424. The quantitative estimate of drug-likeness (QED) is 0.724. The van der Waals surface area contributed by atoms with Crippen LogP contribution in [-0.4, -0.2) is 51.7 Å². The average molecular weight is 298 g/mol. The number of carboxylic acids is 2. The van der Waals surface area contributed by atoms with Gasteiger partial charge >= 0.3 is 18.0 Å². The molecule has 1 aliphatic heterocycles. The van der Waals surface area contributed by atoms with Gasteiger partial charge in [0, 0.05) is 12.6 Å². The lowest BCUT2D eigenvalue weighted by atomic mass is 9.78. The van der Waals surface area contributed by atoms with E-state index in [9.17, 15) is 14.4 Å². The second-order valence-corrected chi connectivity index (χ2v) is 5.89. The number of piperidine rings is 1. The van der Waals surface area contributed by atoms with Gasteiger partial charge in [0.1, 0.15) is 6.04 Å². The van der Waals surface area contributed by atoms with E-state index in [2.05, 4.69) is 5.32 Å². The predicted octanol–water partition coefficient (Wildman–Crippen LogP) is 1.28. The molecule has 0 aromatic rings. The third kappa shape index (κ3) is 3.86. The van der Waals surface area contributed by atoms with Crippen LogP contribution in [0.3, 0.4) is 0 Å². The van der Waals surface area contributed by atoms with Gasteiger partial charge in [-0.1, -0.05) is 12.8 Å². The first-order valence-corrected chi connectivity index (χ1v) is 7.50. The van der Waals surface area contributed by atoms with Gasteiger partial charge < -0.3 is 20.4 Å². The van der Waals surface area contributed by atoms with Gasteiger partial charge in [0.15, 0.2) is 0 Å². The van der Waals surface area contributed by atoms with Crippen molar-refractivity contribution in [1.29, 1.82) is 0 Å². The topological polar surface area (TPSA) is 107 Å². The van der Waals surface area contributed by atoms with Crippen molar-refractivity contribution in [2.45, 2.75) is 57.0 Å². The zero-order valence-electron chi connectivity index (χ0n) is 12.0. The molecule has 2 aliphatic rings. The van der Waals surface area contributed by atoms with E-state index in [1.807, 2.05) is 0 Å². The summed E-state index contributed by atoms with van der Waals surface area (Å²) in [6.07, 6.45) is 5.77. The molecule has 21 heavy (non-hydrogen) atoms. The van der Waals surface area contributed by atoms with Gasteiger partial charge in [-0.05, 0) is 31.6 Å². The number of nitrogens with zero attached hydrogens (tertiary/aromatic N) is 1. The minimum atomic E-state index is -1.38. The number of amides is 2. The lowest BCUT2D eigenvalue weighted by molar-refractivity contribution is -0.145. The van der Waals surface area contributed by atoms with E-state index in [0.717, 1.165) is 32.1 Å². The number of hydrogen-bond donors (Lipinski definition) is 3. The highest BCUT2D eigenvalue weighted by Crippen LogP contribution is 2.35. The highest BCUT2D eigenvalue weighted by atomic mass is 16.4. The van der Waals surface area contributed by atoms with E-state index in [1.165, 1.54) is 6.42 Å². The Morgan fingerprint density at radius 3 is 2.43 bits per heavy atom. The Morgan fingerprint density at radius 2 is 1.76 bits per heavy atom. The van der Waals surface area contributed by atoms with Crippen molar-refractivity contribution in [3.8, 4) is 0 Å². The minimum Gasteiger partial charge on any atom is -0.481 e. The zero-order chi connectivity index (χ0) is 15.4. The van der Waals surface area contributed by atoms with Crippen LogP contribution in [0.4, 0.5) is 4.79 Å². The molecule has 0 aromatic carbocycles. The van der Waals surface area contributed by atoms with Crippen LogP contribution < -0.4 is 5.32 Å². The third-order valence-electron chi connectivity index (χ3n) is 4.48. The molecule has 3 N–H and O–H groups in total. The molecule has 2 amide bonds. The average Bonchev–Trinajstić information content (AvgIpc) is 2.45. The van der Waals surface area contributed by atoms with Crippen LogP contribution >= 0.6 is 0 Å². The number of carbonyl (C=O) groups excluding carboxylic acids is 1. The molecule has 118 valence electrons. The monoisotopic (exact) mass is 298 g/mol. The molecular weight excluding hydrogens is 276 g/mol. The van der Waals surface area contributed by atoms with Gasteiger partial charge in [0.25, 0.3) is 0 Å². The summed E-state index contributed by atoms with van der Waals surface area (Å²) in [6.45, 7) is 0.617. The molecule has 0 spiro atoms. The lowest BCUT2D eigenvalue weighted by Crippen LogP contribution is -2.56. The highest BCUT2D eigenvalue weighted by molar-refractivity contribution is 5.86. The summed E-state index contributed by atoms with van der Waals surface area (Å²) in [5.74, 6) is -2.05. The zero-order valence-corrected chi connectivity index (χ0v) is 12.0. The molecule has 2 fully saturated rings. The van der Waals surface area contributed by atoms with Crippen molar-refractivity contribution in [1.82, 2.24) is 10.2 Å². The molecule has 1 saturated carbocycles. The van der Waals surface area contributed by atoms with Crippen LogP contribution in [0.15, 0.2) is 0 Å². The van der Waals surface area contributed by atoms with E-state index in [1.54, 1.807) is 4.90 Å². The molecule has 2 rings (SSSR count). The Labute approximate surface area is 123 Å². The number of fused-ring (bicyclic) bond motifs is 1. The summed E-state index contributed by atoms with van der Waals surface area (Å²) < 4.78 is 0. The fourth-order valence-electron chi connectivity index (χ4n) is 3.48. The fourth-order valence-corrected chi connectivity index (χ4v) is 3.48. The maximum atomic E-state index is 12.3. The van der Waals surface area contributed by atoms with E-state index in [4.69, 9.17) is 10.2 Å². The molecule has 2 unspecified atom stereocenters. The van der Waals surface area contributed by atoms with E-state index in [0.29, 0.717) is 12.5 Å². The Morgan fingerprint density at radius 1 is 1.10 bits per heavy atom. The van der Waals surface area contributed by atoms with Gasteiger partial charge in [0.2, 0.25) is 0 Å². The Kier molecular flexibility index (Phi) is 5.03. The summed E-state index contributed by atoms with van der Waals surface area (Å²) in [5, 5.41) is 20.1. The number of rotatable bonds is 4. The van der Waals surface area contributed by atoms with Crippen LogP contribution in [0, 0.1) is 5.92 Å². The lowest BCUT2D eigenvalue weighted by Gasteiger charge is -2.44. The number of hydrogen-bond acceptors (Lipinski definition) is 3. The van der Waals surface area contributed by atoms with Crippen LogP contribution in [0.2, 0.25) is 0 Å². The summed E-state index contributed by atoms with van der Waals surface area (Å²) >= 11 is 0.